The van der Waals surface area contributed by atoms with E-state index < -0.39 is 24.4 Å². The summed E-state index contributed by atoms with van der Waals surface area (Å²) in [6, 6.07) is 13.9. The molecule has 2 aromatic rings. The number of para-hydroxylation sites is 3. The number of carbonyl (C=O) groups excluding carboxylic acids is 3. The van der Waals surface area contributed by atoms with E-state index in [2.05, 4.69) is 5.32 Å². The maximum atomic E-state index is 12.4. The molecule has 2 amide bonds. The van der Waals surface area contributed by atoms with Crippen LogP contribution in [0.1, 0.15) is 13.3 Å². The Balaban J connectivity index is 1.57. The minimum absolute atomic E-state index is 0.0193. The third-order valence-electron chi connectivity index (χ3n) is 4.41. The first-order valence-electron chi connectivity index (χ1n) is 9.22. The molecule has 0 saturated carbocycles. The van der Waals surface area contributed by atoms with Crippen LogP contribution in [0, 0.1) is 5.92 Å². The monoisotopic (exact) mass is 416 g/mol. The summed E-state index contributed by atoms with van der Waals surface area (Å²) in [6.45, 7) is 2.04. The van der Waals surface area contributed by atoms with Crippen LogP contribution in [0.4, 0.5) is 11.4 Å². The number of halogens is 1. The van der Waals surface area contributed by atoms with Crippen molar-refractivity contribution >= 4 is 40.8 Å². The zero-order valence-corrected chi connectivity index (χ0v) is 16.6. The third kappa shape index (κ3) is 5.06. The lowest BCUT2D eigenvalue weighted by Gasteiger charge is -2.19. The molecule has 0 aromatic heterocycles. The molecule has 1 saturated heterocycles. The van der Waals surface area contributed by atoms with Gasteiger partial charge in [0.1, 0.15) is 5.75 Å². The second-order valence-corrected chi connectivity index (χ2v) is 6.85. The predicted octanol–water partition coefficient (Wildman–Crippen LogP) is 3.27. The first-order valence-corrected chi connectivity index (χ1v) is 9.60. The van der Waals surface area contributed by atoms with Gasteiger partial charge in [-0.15, -0.1) is 0 Å². The summed E-state index contributed by atoms with van der Waals surface area (Å²) in [5.41, 5.74) is 1.05. The molecule has 0 spiro atoms. The summed E-state index contributed by atoms with van der Waals surface area (Å²) >= 11 is 5.98. The normalized spacial score (nSPS) is 15.9. The lowest BCUT2D eigenvalue weighted by Crippen LogP contribution is -2.28. The van der Waals surface area contributed by atoms with Gasteiger partial charge in [0.15, 0.2) is 6.61 Å². The van der Waals surface area contributed by atoms with Crippen LogP contribution in [0.2, 0.25) is 5.02 Å². The van der Waals surface area contributed by atoms with Crippen LogP contribution < -0.4 is 15.0 Å². The largest absolute Gasteiger partial charge is 0.492 e. The Kier molecular flexibility index (Phi) is 6.72. The SMILES string of the molecule is CCOc1ccccc1N1CC(C(=O)OCC(=O)Nc2ccccc2Cl)CC1=O. The molecule has 8 heteroatoms. The summed E-state index contributed by atoms with van der Waals surface area (Å²) in [5, 5.41) is 2.97. The molecular formula is C21H21ClN2O5. The second kappa shape index (κ2) is 9.43. The minimum atomic E-state index is -0.648. The molecule has 29 heavy (non-hydrogen) atoms. The van der Waals surface area contributed by atoms with Gasteiger partial charge in [-0.05, 0) is 31.2 Å². The van der Waals surface area contributed by atoms with Crippen molar-refractivity contribution in [2.45, 2.75) is 13.3 Å². The fourth-order valence-corrected chi connectivity index (χ4v) is 3.24. The number of hydrogen-bond donors (Lipinski definition) is 1. The molecule has 1 atom stereocenters. The summed E-state index contributed by atoms with van der Waals surface area (Å²) in [6.07, 6.45) is 0.0193. The van der Waals surface area contributed by atoms with Crippen LogP contribution in [-0.4, -0.2) is 37.5 Å². The molecule has 152 valence electrons. The van der Waals surface area contributed by atoms with E-state index in [0.717, 1.165) is 0 Å². The molecule has 0 aliphatic carbocycles. The van der Waals surface area contributed by atoms with Crippen molar-refractivity contribution in [3.63, 3.8) is 0 Å². The topological polar surface area (TPSA) is 84.9 Å². The molecule has 1 unspecified atom stereocenters. The summed E-state index contributed by atoms with van der Waals surface area (Å²) in [7, 11) is 0. The summed E-state index contributed by atoms with van der Waals surface area (Å²) < 4.78 is 10.7. The number of benzene rings is 2. The van der Waals surface area contributed by atoms with Crippen molar-refractivity contribution in [3.8, 4) is 5.75 Å². The highest BCUT2D eigenvalue weighted by atomic mass is 35.5. The number of esters is 1. The highest BCUT2D eigenvalue weighted by Gasteiger charge is 2.37. The number of anilines is 2. The van der Waals surface area contributed by atoms with E-state index in [4.69, 9.17) is 21.1 Å². The summed E-state index contributed by atoms with van der Waals surface area (Å²) in [5.74, 6) is -1.36. The maximum Gasteiger partial charge on any atom is 0.311 e. The smallest absolute Gasteiger partial charge is 0.311 e. The number of amides is 2. The second-order valence-electron chi connectivity index (χ2n) is 6.44. The molecule has 0 radical (unpaired) electrons. The minimum Gasteiger partial charge on any atom is -0.492 e. The Labute approximate surface area is 173 Å². The lowest BCUT2D eigenvalue weighted by molar-refractivity contribution is -0.151. The molecular weight excluding hydrogens is 396 g/mol. The van der Waals surface area contributed by atoms with Gasteiger partial charge >= 0.3 is 5.97 Å². The van der Waals surface area contributed by atoms with Crippen molar-refractivity contribution < 1.29 is 23.9 Å². The van der Waals surface area contributed by atoms with E-state index in [9.17, 15) is 14.4 Å². The molecule has 7 nitrogen and oxygen atoms in total. The Morgan fingerprint density at radius 3 is 2.66 bits per heavy atom. The number of nitrogens with one attached hydrogen (secondary N) is 1. The van der Waals surface area contributed by atoms with Crippen LogP contribution in [0.3, 0.4) is 0 Å². The number of ether oxygens (including phenoxy) is 2. The van der Waals surface area contributed by atoms with Crippen LogP contribution in [-0.2, 0) is 19.1 Å². The van der Waals surface area contributed by atoms with E-state index in [1.807, 2.05) is 13.0 Å². The van der Waals surface area contributed by atoms with E-state index in [0.29, 0.717) is 28.8 Å². The summed E-state index contributed by atoms with van der Waals surface area (Å²) in [4.78, 5) is 38.3. The number of rotatable bonds is 7. The Bertz CT molecular complexity index is 917. The van der Waals surface area contributed by atoms with Gasteiger partial charge in [0.2, 0.25) is 5.91 Å². The van der Waals surface area contributed by atoms with E-state index in [1.165, 1.54) is 4.90 Å². The van der Waals surface area contributed by atoms with Crippen LogP contribution >= 0.6 is 11.6 Å². The van der Waals surface area contributed by atoms with Gasteiger partial charge in [0.25, 0.3) is 5.91 Å². The van der Waals surface area contributed by atoms with Gasteiger partial charge in [-0.25, -0.2) is 0 Å². The van der Waals surface area contributed by atoms with Gasteiger partial charge in [-0.3, -0.25) is 14.4 Å². The fourth-order valence-electron chi connectivity index (χ4n) is 3.06. The van der Waals surface area contributed by atoms with E-state index in [1.54, 1.807) is 42.5 Å². The van der Waals surface area contributed by atoms with Crippen LogP contribution in [0.15, 0.2) is 48.5 Å². The molecule has 0 bridgehead atoms. The molecule has 3 rings (SSSR count). The van der Waals surface area contributed by atoms with Crippen molar-refractivity contribution in [2.24, 2.45) is 5.92 Å². The third-order valence-corrected chi connectivity index (χ3v) is 4.74. The average Bonchev–Trinajstić information content (AvgIpc) is 3.10. The maximum absolute atomic E-state index is 12.4. The Hall–Kier alpha value is -3.06. The van der Waals surface area contributed by atoms with E-state index >= 15 is 0 Å². The zero-order chi connectivity index (χ0) is 20.8. The molecule has 1 aliphatic rings. The first-order chi connectivity index (χ1) is 14.0. The van der Waals surface area contributed by atoms with Crippen molar-refractivity contribution in [2.75, 3.05) is 30.0 Å². The Morgan fingerprint density at radius 1 is 1.17 bits per heavy atom. The molecule has 1 aliphatic heterocycles. The average molecular weight is 417 g/mol. The number of carbonyl (C=O) groups is 3. The van der Waals surface area contributed by atoms with Gasteiger partial charge in [0, 0.05) is 13.0 Å². The number of nitrogens with zero attached hydrogens (tertiary/aromatic N) is 1. The van der Waals surface area contributed by atoms with E-state index in [-0.39, 0.29) is 18.9 Å². The van der Waals surface area contributed by atoms with Crippen molar-refractivity contribution in [1.82, 2.24) is 0 Å². The van der Waals surface area contributed by atoms with Gasteiger partial charge in [0.05, 0.1) is 28.9 Å². The lowest BCUT2D eigenvalue weighted by atomic mass is 10.1. The number of hydrogen-bond acceptors (Lipinski definition) is 5. The fraction of sp³-hybridized carbons (Fsp3) is 0.286. The standard InChI is InChI=1S/C21H21ClN2O5/c1-2-28-18-10-6-5-9-17(18)24-12-14(11-20(24)26)21(27)29-13-19(25)23-16-8-4-3-7-15(16)22/h3-10,14H,2,11-13H2,1H3,(H,23,25). The quantitative estimate of drug-likeness (QED) is 0.700. The molecule has 1 N–H and O–H groups in total. The first kappa shape index (κ1) is 20.7. The molecule has 1 heterocycles. The van der Waals surface area contributed by atoms with Crippen molar-refractivity contribution in [3.05, 3.63) is 53.6 Å². The zero-order valence-electron chi connectivity index (χ0n) is 15.9. The highest BCUT2D eigenvalue weighted by molar-refractivity contribution is 6.33. The van der Waals surface area contributed by atoms with Gasteiger partial charge < -0.3 is 19.7 Å². The molecule has 1 fully saturated rings. The predicted molar refractivity (Wildman–Crippen MR) is 109 cm³/mol. The van der Waals surface area contributed by atoms with Gasteiger partial charge in [-0.2, -0.15) is 0 Å². The van der Waals surface area contributed by atoms with Crippen LogP contribution in [0.25, 0.3) is 0 Å². The highest BCUT2D eigenvalue weighted by Crippen LogP contribution is 2.33. The van der Waals surface area contributed by atoms with Gasteiger partial charge in [-0.1, -0.05) is 35.9 Å². The molecule has 2 aromatic carbocycles. The Morgan fingerprint density at radius 2 is 1.90 bits per heavy atom. The van der Waals surface area contributed by atoms with Crippen LogP contribution in [0.5, 0.6) is 5.75 Å². The van der Waals surface area contributed by atoms with Crippen molar-refractivity contribution in [1.29, 1.82) is 0 Å².